The number of nitrogens with one attached hydrogen (secondary N) is 1. The Hall–Kier alpha value is -1.98. The molecule has 100 valence electrons. The van der Waals surface area contributed by atoms with Crippen LogP contribution in [-0.2, 0) is 9.53 Å². The topological polar surface area (TPSA) is 86.5 Å². The average molecular weight is 253 g/mol. The van der Waals surface area contributed by atoms with Crippen molar-refractivity contribution in [2.75, 3.05) is 18.2 Å². The Balaban J connectivity index is 2.81. The summed E-state index contributed by atoms with van der Waals surface area (Å²) >= 11 is 0. The van der Waals surface area contributed by atoms with E-state index in [2.05, 4.69) is 15.0 Å². The van der Waals surface area contributed by atoms with Crippen molar-refractivity contribution >= 4 is 17.5 Å². The van der Waals surface area contributed by atoms with Gasteiger partial charge in [0.25, 0.3) is 0 Å². The molecule has 0 spiro atoms. The lowest BCUT2D eigenvalue weighted by Gasteiger charge is -2.15. The van der Waals surface area contributed by atoms with E-state index in [1.807, 2.05) is 13.8 Å². The van der Waals surface area contributed by atoms with Crippen LogP contribution < -0.4 is 15.8 Å². The van der Waals surface area contributed by atoms with E-state index in [4.69, 9.17) is 10.5 Å². The number of nitrogens with two attached hydrogens (primary N) is 1. The molecule has 0 aliphatic carbocycles. The van der Waals surface area contributed by atoms with Gasteiger partial charge in [-0.2, -0.15) is 4.98 Å². The molecular formula is C12H19N3O3. The third-order valence-corrected chi connectivity index (χ3v) is 2.16. The van der Waals surface area contributed by atoms with Gasteiger partial charge in [0.15, 0.2) is 0 Å². The number of anilines is 2. The zero-order valence-corrected chi connectivity index (χ0v) is 11.1. The normalized spacial score (nSPS) is 12.1. The highest BCUT2D eigenvalue weighted by Crippen LogP contribution is 2.22. The Morgan fingerprint density at radius 1 is 1.39 bits per heavy atom. The molecule has 1 rings (SSSR count). The van der Waals surface area contributed by atoms with E-state index >= 15 is 0 Å². The lowest BCUT2D eigenvalue weighted by atomic mass is 10.3. The van der Waals surface area contributed by atoms with E-state index in [1.54, 1.807) is 19.1 Å². The first-order valence-electron chi connectivity index (χ1n) is 5.71. The van der Waals surface area contributed by atoms with Gasteiger partial charge in [-0.3, -0.25) is 0 Å². The van der Waals surface area contributed by atoms with Crippen LogP contribution in [0.25, 0.3) is 0 Å². The first kappa shape index (κ1) is 14.1. The van der Waals surface area contributed by atoms with Crippen LogP contribution in [-0.4, -0.2) is 30.2 Å². The summed E-state index contributed by atoms with van der Waals surface area (Å²) in [5.41, 5.74) is 6.21. The minimum absolute atomic E-state index is 0.0203. The van der Waals surface area contributed by atoms with Crippen LogP contribution >= 0.6 is 0 Å². The number of pyridine rings is 1. The Morgan fingerprint density at radius 3 is 2.61 bits per heavy atom. The lowest BCUT2D eigenvalue weighted by Crippen LogP contribution is -2.27. The number of esters is 1. The third kappa shape index (κ3) is 3.80. The molecule has 0 aromatic carbocycles. The SMILES string of the molecule is COC(=O)C(C)Nc1ccc(N)c(OC(C)C)n1. The van der Waals surface area contributed by atoms with Crippen LogP contribution in [0.5, 0.6) is 5.88 Å². The van der Waals surface area contributed by atoms with Crippen molar-refractivity contribution in [3.05, 3.63) is 12.1 Å². The van der Waals surface area contributed by atoms with Gasteiger partial charge in [-0.1, -0.05) is 0 Å². The summed E-state index contributed by atoms with van der Waals surface area (Å²) in [5, 5.41) is 2.91. The predicted molar refractivity (Wildman–Crippen MR) is 69.5 cm³/mol. The molecule has 0 fully saturated rings. The quantitative estimate of drug-likeness (QED) is 0.772. The molecule has 0 saturated heterocycles. The van der Waals surface area contributed by atoms with E-state index in [9.17, 15) is 4.79 Å². The number of methoxy groups -OCH3 is 1. The molecule has 1 heterocycles. The van der Waals surface area contributed by atoms with Crippen LogP contribution in [0.15, 0.2) is 12.1 Å². The number of carbonyl (C=O) groups excluding carboxylic acids is 1. The number of aromatic nitrogens is 1. The summed E-state index contributed by atoms with van der Waals surface area (Å²) in [7, 11) is 1.34. The van der Waals surface area contributed by atoms with Gasteiger partial charge in [-0.15, -0.1) is 0 Å². The molecule has 0 aliphatic heterocycles. The fourth-order valence-electron chi connectivity index (χ4n) is 1.31. The Morgan fingerprint density at radius 2 is 2.06 bits per heavy atom. The molecule has 6 heteroatoms. The highest BCUT2D eigenvalue weighted by Gasteiger charge is 2.14. The molecule has 0 aliphatic rings. The van der Waals surface area contributed by atoms with E-state index in [0.717, 1.165) is 0 Å². The van der Waals surface area contributed by atoms with Crippen molar-refractivity contribution in [1.29, 1.82) is 0 Å². The smallest absolute Gasteiger partial charge is 0.328 e. The van der Waals surface area contributed by atoms with Crippen molar-refractivity contribution < 1.29 is 14.3 Å². The molecule has 3 N–H and O–H groups in total. The maximum atomic E-state index is 11.3. The molecule has 0 saturated carbocycles. The number of hydrogen-bond donors (Lipinski definition) is 2. The highest BCUT2D eigenvalue weighted by molar-refractivity contribution is 5.78. The van der Waals surface area contributed by atoms with E-state index in [-0.39, 0.29) is 12.1 Å². The third-order valence-electron chi connectivity index (χ3n) is 2.16. The number of hydrogen-bond acceptors (Lipinski definition) is 6. The van der Waals surface area contributed by atoms with Crippen molar-refractivity contribution in [1.82, 2.24) is 4.98 Å². The fraction of sp³-hybridized carbons (Fsp3) is 0.500. The van der Waals surface area contributed by atoms with Crippen LogP contribution in [0.1, 0.15) is 20.8 Å². The minimum Gasteiger partial charge on any atom is -0.473 e. The van der Waals surface area contributed by atoms with Crippen molar-refractivity contribution in [2.45, 2.75) is 32.9 Å². The number of rotatable bonds is 5. The number of carbonyl (C=O) groups is 1. The van der Waals surface area contributed by atoms with Gasteiger partial charge in [0.05, 0.1) is 18.9 Å². The van der Waals surface area contributed by atoms with E-state index in [1.165, 1.54) is 7.11 Å². The van der Waals surface area contributed by atoms with E-state index in [0.29, 0.717) is 17.4 Å². The van der Waals surface area contributed by atoms with Crippen LogP contribution in [0.4, 0.5) is 11.5 Å². The number of nitrogen functional groups attached to an aromatic ring is 1. The second kappa shape index (κ2) is 6.09. The molecule has 1 aromatic rings. The molecule has 1 unspecified atom stereocenters. The highest BCUT2D eigenvalue weighted by atomic mass is 16.5. The van der Waals surface area contributed by atoms with Gasteiger partial charge in [0.2, 0.25) is 5.88 Å². The average Bonchev–Trinajstić information content (AvgIpc) is 2.31. The lowest BCUT2D eigenvalue weighted by molar-refractivity contribution is -0.141. The van der Waals surface area contributed by atoms with Gasteiger partial charge in [0, 0.05) is 0 Å². The van der Waals surface area contributed by atoms with Gasteiger partial charge < -0.3 is 20.5 Å². The van der Waals surface area contributed by atoms with E-state index < -0.39 is 6.04 Å². The molecule has 0 radical (unpaired) electrons. The van der Waals surface area contributed by atoms with Gasteiger partial charge in [-0.05, 0) is 32.9 Å². The zero-order chi connectivity index (χ0) is 13.7. The van der Waals surface area contributed by atoms with Crippen molar-refractivity contribution in [3.63, 3.8) is 0 Å². The minimum atomic E-state index is -0.488. The Bertz CT molecular complexity index is 421. The first-order chi connectivity index (χ1) is 8.43. The summed E-state index contributed by atoms with van der Waals surface area (Å²) in [6.45, 7) is 5.46. The van der Waals surface area contributed by atoms with Gasteiger partial charge >= 0.3 is 5.97 Å². The van der Waals surface area contributed by atoms with Crippen molar-refractivity contribution in [3.8, 4) is 5.88 Å². The molecule has 1 atom stereocenters. The number of ether oxygens (including phenoxy) is 2. The number of nitrogens with zero attached hydrogens (tertiary/aromatic N) is 1. The molecule has 0 bridgehead atoms. The van der Waals surface area contributed by atoms with Gasteiger partial charge in [-0.25, -0.2) is 4.79 Å². The summed E-state index contributed by atoms with van der Waals surface area (Å²) in [6.07, 6.45) is -0.0203. The standard InChI is InChI=1S/C12H19N3O3/c1-7(2)18-11-9(13)5-6-10(15-11)14-8(3)12(16)17-4/h5-8H,13H2,1-4H3,(H,14,15). The maximum Gasteiger partial charge on any atom is 0.328 e. The monoisotopic (exact) mass is 253 g/mol. The first-order valence-corrected chi connectivity index (χ1v) is 5.71. The summed E-state index contributed by atoms with van der Waals surface area (Å²) in [6, 6.07) is 2.87. The second-order valence-electron chi connectivity index (χ2n) is 4.15. The fourth-order valence-corrected chi connectivity index (χ4v) is 1.31. The zero-order valence-electron chi connectivity index (χ0n) is 11.1. The molecule has 0 amide bonds. The van der Waals surface area contributed by atoms with Gasteiger partial charge in [0.1, 0.15) is 11.9 Å². The van der Waals surface area contributed by atoms with Crippen LogP contribution in [0, 0.1) is 0 Å². The van der Waals surface area contributed by atoms with Crippen LogP contribution in [0.2, 0.25) is 0 Å². The summed E-state index contributed by atoms with van der Waals surface area (Å²) in [5.74, 6) is 0.504. The second-order valence-corrected chi connectivity index (χ2v) is 4.15. The molecular weight excluding hydrogens is 234 g/mol. The van der Waals surface area contributed by atoms with Crippen LogP contribution in [0.3, 0.4) is 0 Å². The largest absolute Gasteiger partial charge is 0.473 e. The maximum absolute atomic E-state index is 11.3. The molecule has 6 nitrogen and oxygen atoms in total. The summed E-state index contributed by atoms with van der Waals surface area (Å²) in [4.78, 5) is 15.5. The molecule has 18 heavy (non-hydrogen) atoms. The predicted octanol–water partition coefficient (Wildman–Crippen LogP) is 1.42. The Kier molecular flexibility index (Phi) is 4.76. The summed E-state index contributed by atoms with van der Waals surface area (Å²) < 4.78 is 10.1. The van der Waals surface area contributed by atoms with Crippen molar-refractivity contribution in [2.24, 2.45) is 0 Å². The molecule has 1 aromatic heterocycles. The Labute approximate surface area is 106 Å².